The molecule has 7 heteroatoms. The molecule has 0 saturated carbocycles. The number of para-hydroxylation sites is 1. The first-order chi connectivity index (χ1) is 13.9. The van der Waals surface area contributed by atoms with E-state index in [0.29, 0.717) is 11.4 Å². The molecule has 7 nitrogen and oxygen atoms in total. The maximum Gasteiger partial charge on any atom is 0.272 e. The van der Waals surface area contributed by atoms with Crippen LogP contribution >= 0.6 is 0 Å². The van der Waals surface area contributed by atoms with Crippen molar-refractivity contribution >= 4 is 29.1 Å². The Kier molecular flexibility index (Phi) is 6.07. The van der Waals surface area contributed by atoms with E-state index in [1.165, 1.54) is 4.90 Å². The Morgan fingerprint density at radius 2 is 1.76 bits per heavy atom. The highest BCUT2D eigenvalue weighted by Crippen LogP contribution is 2.27. The number of hydrogen-bond acceptors (Lipinski definition) is 4. The van der Waals surface area contributed by atoms with Gasteiger partial charge in [0.15, 0.2) is 0 Å². The van der Waals surface area contributed by atoms with Crippen LogP contribution in [0.2, 0.25) is 0 Å². The van der Waals surface area contributed by atoms with Crippen LogP contribution in [-0.2, 0) is 14.4 Å². The van der Waals surface area contributed by atoms with E-state index in [1.54, 1.807) is 20.9 Å². The van der Waals surface area contributed by atoms with E-state index in [-0.39, 0.29) is 18.2 Å². The van der Waals surface area contributed by atoms with Gasteiger partial charge >= 0.3 is 0 Å². The number of benzodiazepines with no additional fused rings is 1. The molecule has 2 unspecified atom stereocenters. The molecule has 150 valence electrons. The smallest absolute Gasteiger partial charge is 0.272 e. The molecule has 3 amide bonds. The molecule has 2 atom stereocenters. The number of nitrogens with zero attached hydrogens (tertiary/aromatic N) is 2. The minimum Gasteiger partial charge on any atom is -0.345 e. The Morgan fingerprint density at radius 1 is 1.10 bits per heavy atom. The molecule has 1 aliphatic heterocycles. The number of carbonyl (C=O) groups excluding carboxylic acids is 3. The number of rotatable bonds is 5. The number of amides is 3. The molecule has 29 heavy (non-hydrogen) atoms. The number of fused-ring (bicyclic) bond motifs is 1. The Labute approximate surface area is 169 Å². The van der Waals surface area contributed by atoms with Crippen molar-refractivity contribution in [1.82, 2.24) is 10.6 Å². The van der Waals surface area contributed by atoms with Gasteiger partial charge in [-0.1, -0.05) is 55.5 Å². The fourth-order valence-corrected chi connectivity index (χ4v) is 3.11. The summed E-state index contributed by atoms with van der Waals surface area (Å²) in [6.07, 6.45) is -0.829. The Hall–Kier alpha value is -3.48. The average molecular weight is 392 g/mol. The standard InChI is InChI=1S/C22H24N4O3/c1-4-18(27)23-14(2)21(28)25-20-22(29)26(3)17-13-9-8-12-16(17)19(24-20)15-10-6-5-7-11-15/h5-14,20H,4H2,1-3H3,(H,23,27)(H,25,28). The van der Waals surface area contributed by atoms with Crippen LogP contribution in [0.15, 0.2) is 59.6 Å². The summed E-state index contributed by atoms with van der Waals surface area (Å²) in [5.41, 5.74) is 2.98. The number of likely N-dealkylation sites (N-methyl/N-ethyl adjacent to an activating group) is 1. The largest absolute Gasteiger partial charge is 0.345 e. The van der Waals surface area contributed by atoms with E-state index in [1.807, 2.05) is 54.6 Å². The van der Waals surface area contributed by atoms with Gasteiger partial charge in [0.2, 0.25) is 18.0 Å². The fourth-order valence-electron chi connectivity index (χ4n) is 3.11. The maximum absolute atomic E-state index is 13.0. The summed E-state index contributed by atoms with van der Waals surface area (Å²) in [7, 11) is 1.66. The highest BCUT2D eigenvalue weighted by molar-refractivity contribution is 6.20. The third-order valence-electron chi connectivity index (χ3n) is 4.76. The summed E-state index contributed by atoms with van der Waals surface area (Å²) in [6.45, 7) is 3.28. The van der Waals surface area contributed by atoms with Crippen LogP contribution in [0.3, 0.4) is 0 Å². The van der Waals surface area contributed by atoms with Crippen LogP contribution < -0.4 is 15.5 Å². The predicted octanol–water partition coefficient (Wildman–Crippen LogP) is 1.86. The zero-order chi connectivity index (χ0) is 21.0. The summed E-state index contributed by atoms with van der Waals surface area (Å²) in [5.74, 6) is -1.07. The monoisotopic (exact) mass is 392 g/mol. The Morgan fingerprint density at radius 3 is 2.45 bits per heavy atom. The van der Waals surface area contributed by atoms with E-state index in [4.69, 9.17) is 0 Å². The molecule has 1 aliphatic rings. The SMILES string of the molecule is CCC(=O)NC(C)C(=O)NC1N=C(c2ccccc2)c2ccccc2N(C)C1=O. The minimum atomic E-state index is -1.10. The molecule has 1 heterocycles. The number of carbonyl (C=O) groups is 3. The molecule has 2 N–H and O–H groups in total. The van der Waals surface area contributed by atoms with Crippen molar-refractivity contribution < 1.29 is 14.4 Å². The number of nitrogens with one attached hydrogen (secondary N) is 2. The van der Waals surface area contributed by atoms with Crippen LogP contribution in [0.4, 0.5) is 5.69 Å². The maximum atomic E-state index is 13.0. The van der Waals surface area contributed by atoms with Crippen molar-refractivity contribution in [3.8, 4) is 0 Å². The lowest BCUT2D eigenvalue weighted by atomic mass is 10.0. The zero-order valence-corrected chi connectivity index (χ0v) is 16.7. The van der Waals surface area contributed by atoms with Crippen LogP contribution in [0.5, 0.6) is 0 Å². The lowest BCUT2D eigenvalue weighted by Crippen LogP contribution is -2.52. The van der Waals surface area contributed by atoms with Gasteiger partial charge in [-0.25, -0.2) is 4.99 Å². The summed E-state index contributed by atoms with van der Waals surface area (Å²) in [6, 6.07) is 16.2. The molecule has 0 fully saturated rings. The van der Waals surface area contributed by atoms with Crippen LogP contribution in [0, 0.1) is 0 Å². The number of hydrogen-bond donors (Lipinski definition) is 2. The highest BCUT2D eigenvalue weighted by Gasteiger charge is 2.31. The molecule has 0 aliphatic carbocycles. The summed E-state index contributed by atoms with van der Waals surface area (Å²) < 4.78 is 0. The third-order valence-corrected chi connectivity index (χ3v) is 4.76. The van der Waals surface area contributed by atoms with Gasteiger partial charge in [-0.05, 0) is 13.0 Å². The van der Waals surface area contributed by atoms with E-state index in [9.17, 15) is 14.4 Å². The van der Waals surface area contributed by atoms with Crippen molar-refractivity contribution in [2.75, 3.05) is 11.9 Å². The van der Waals surface area contributed by atoms with Crippen LogP contribution in [0.1, 0.15) is 31.4 Å². The molecule has 0 saturated heterocycles. The predicted molar refractivity (Wildman–Crippen MR) is 112 cm³/mol. The fraction of sp³-hybridized carbons (Fsp3) is 0.273. The van der Waals surface area contributed by atoms with Gasteiger partial charge in [-0.3, -0.25) is 14.4 Å². The Bertz CT molecular complexity index is 956. The van der Waals surface area contributed by atoms with Gasteiger partial charge < -0.3 is 15.5 Å². The summed E-state index contributed by atoms with van der Waals surface area (Å²) in [4.78, 5) is 43.3. The Balaban J connectivity index is 1.98. The van der Waals surface area contributed by atoms with Gasteiger partial charge in [-0.15, -0.1) is 0 Å². The first kappa shape index (κ1) is 20.3. The van der Waals surface area contributed by atoms with Crippen molar-refractivity contribution in [2.45, 2.75) is 32.5 Å². The molecule has 2 aromatic carbocycles. The zero-order valence-electron chi connectivity index (χ0n) is 16.7. The first-order valence-electron chi connectivity index (χ1n) is 9.52. The second-order valence-corrected chi connectivity index (χ2v) is 6.81. The number of benzene rings is 2. The minimum absolute atomic E-state index is 0.238. The molecule has 3 rings (SSSR count). The molecular formula is C22H24N4O3. The summed E-state index contributed by atoms with van der Waals surface area (Å²) >= 11 is 0. The molecule has 2 aromatic rings. The van der Waals surface area contributed by atoms with Crippen LogP contribution in [0.25, 0.3) is 0 Å². The first-order valence-corrected chi connectivity index (χ1v) is 9.52. The van der Waals surface area contributed by atoms with Crippen molar-refractivity contribution in [3.63, 3.8) is 0 Å². The van der Waals surface area contributed by atoms with Crippen molar-refractivity contribution in [3.05, 3.63) is 65.7 Å². The van der Waals surface area contributed by atoms with Crippen molar-refractivity contribution in [1.29, 1.82) is 0 Å². The third kappa shape index (κ3) is 4.34. The highest BCUT2D eigenvalue weighted by atomic mass is 16.2. The van der Waals surface area contributed by atoms with E-state index in [2.05, 4.69) is 15.6 Å². The van der Waals surface area contributed by atoms with Gasteiger partial charge in [-0.2, -0.15) is 0 Å². The van der Waals surface area contributed by atoms with Gasteiger partial charge in [0.25, 0.3) is 5.91 Å². The molecule has 0 bridgehead atoms. The number of aliphatic imine (C=N–C) groups is 1. The average Bonchev–Trinajstić information content (AvgIpc) is 2.85. The molecule has 0 spiro atoms. The van der Waals surface area contributed by atoms with Gasteiger partial charge in [0.1, 0.15) is 6.04 Å². The second kappa shape index (κ2) is 8.68. The topological polar surface area (TPSA) is 90.9 Å². The van der Waals surface area contributed by atoms with E-state index < -0.39 is 18.1 Å². The second-order valence-electron chi connectivity index (χ2n) is 6.81. The quantitative estimate of drug-likeness (QED) is 0.814. The molecule has 0 radical (unpaired) electrons. The molecule has 0 aromatic heterocycles. The van der Waals surface area contributed by atoms with Crippen LogP contribution in [-0.4, -0.2) is 42.7 Å². The normalized spacial score (nSPS) is 16.9. The van der Waals surface area contributed by atoms with E-state index >= 15 is 0 Å². The van der Waals surface area contributed by atoms with Gasteiger partial charge in [0, 0.05) is 24.6 Å². The lowest BCUT2D eigenvalue weighted by molar-refractivity contribution is -0.130. The summed E-state index contributed by atoms with van der Waals surface area (Å²) in [5, 5.41) is 5.27. The molecular weight excluding hydrogens is 368 g/mol. The van der Waals surface area contributed by atoms with E-state index in [0.717, 1.165) is 11.1 Å². The lowest BCUT2D eigenvalue weighted by Gasteiger charge is -2.22. The number of anilines is 1. The van der Waals surface area contributed by atoms with Gasteiger partial charge in [0.05, 0.1) is 11.4 Å². The van der Waals surface area contributed by atoms with Crippen molar-refractivity contribution in [2.24, 2.45) is 4.99 Å².